The molecular formula is C21H13ClF4N2O5S2. The van der Waals surface area contributed by atoms with Gasteiger partial charge in [0, 0.05) is 16.5 Å². The van der Waals surface area contributed by atoms with Gasteiger partial charge in [0.1, 0.15) is 11.4 Å². The molecule has 4 rings (SSSR count). The largest absolute Gasteiger partial charge is 0.443 e. The molecule has 0 fully saturated rings. The van der Waals surface area contributed by atoms with Crippen LogP contribution in [0.4, 0.5) is 28.9 Å². The summed E-state index contributed by atoms with van der Waals surface area (Å²) in [5.74, 6) is -1.65. The van der Waals surface area contributed by atoms with E-state index in [1.54, 1.807) is 24.3 Å². The third-order valence-electron chi connectivity index (χ3n) is 4.69. The summed E-state index contributed by atoms with van der Waals surface area (Å²) in [5, 5.41) is 0.0499. The Bertz CT molecular complexity index is 1620. The Hall–Kier alpha value is -3.29. The van der Waals surface area contributed by atoms with E-state index in [4.69, 9.17) is 16.0 Å². The minimum atomic E-state index is -5.14. The van der Waals surface area contributed by atoms with Gasteiger partial charge in [0.15, 0.2) is 0 Å². The zero-order chi connectivity index (χ0) is 25.6. The Morgan fingerprint density at radius 2 is 1.49 bits per heavy atom. The van der Waals surface area contributed by atoms with E-state index in [0.29, 0.717) is 17.5 Å². The average Bonchev–Trinajstić information content (AvgIpc) is 3.20. The van der Waals surface area contributed by atoms with Gasteiger partial charge in [0.05, 0.1) is 21.8 Å². The number of para-hydroxylation sites is 1. The van der Waals surface area contributed by atoms with Crippen LogP contribution in [0.2, 0.25) is 5.02 Å². The first-order chi connectivity index (χ1) is 16.3. The topological polar surface area (TPSA) is 105 Å². The molecule has 0 aliphatic carbocycles. The van der Waals surface area contributed by atoms with E-state index in [2.05, 4.69) is 4.72 Å². The molecule has 1 heterocycles. The van der Waals surface area contributed by atoms with Crippen LogP contribution in [0.5, 0.6) is 0 Å². The maximum absolute atomic E-state index is 13.6. The molecule has 0 amide bonds. The van der Waals surface area contributed by atoms with E-state index in [0.717, 1.165) is 12.1 Å². The van der Waals surface area contributed by atoms with Crippen molar-refractivity contribution in [2.45, 2.75) is 16.2 Å². The molecule has 14 heteroatoms. The molecule has 0 saturated carbocycles. The molecule has 1 aromatic heterocycles. The van der Waals surface area contributed by atoms with Crippen LogP contribution in [0.25, 0.3) is 11.0 Å². The highest BCUT2D eigenvalue weighted by molar-refractivity contribution is 7.93. The number of hydrogen-bond donors (Lipinski definition) is 2. The van der Waals surface area contributed by atoms with Crippen molar-refractivity contribution >= 4 is 54.0 Å². The molecule has 0 radical (unpaired) electrons. The summed E-state index contributed by atoms with van der Waals surface area (Å²) in [5.41, 5.74) is -2.18. The smallest absolute Gasteiger partial charge is 0.419 e. The third-order valence-corrected chi connectivity index (χ3v) is 7.51. The summed E-state index contributed by atoms with van der Waals surface area (Å²) in [4.78, 5) is -0.896. The summed E-state index contributed by atoms with van der Waals surface area (Å²) < 4.78 is 113. The van der Waals surface area contributed by atoms with Gasteiger partial charge in [-0.2, -0.15) is 21.6 Å². The van der Waals surface area contributed by atoms with Gasteiger partial charge >= 0.3 is 6.18 Å². The highest BCUT2D eigenvalue weighted by Gasteiger charge is 2.35. The normalized spacial score (nSPS) is 12.6. The van der Waals surface area contributed by atoms with Gasteiger partial charge in [0.2, 0.25) is 5.09 Å². The van der Waals surface area contributed by atoms with E-state index in [9.17, 15) is 34.4 Å². The van der Waals surface area contributed by atoms with E-state index in [1.165, 1.54) is 12.1 Å². The molecule has 184 valence electrons. The first kappa shape index (κ1) is 24.8. The first-order valence-electron chi connectivity index (χ1n) is 9.47. The summed E-state index contributed by atoms with van der Waals surface area (Å²) in [6.07, 6.45) is -5.14. The molecule has 0 saturated heterocycles. The molecule has 0 aliphatic heterocycles. The number of benzene rings is 3. The van der Waals surface area contributed by atoms with Gasteiger partial charge in [-0.05, 0) is 42.5 Å². The lowest BCUT2D eigenvalue weighted by molar-refractivity contribution is -0.140. The van der Waals surface area contributed by atoms with Gasteiger partial charge < -0.3 is 4.42 Å². The standard InChI is InChI=1S/C21H13ClF4N2O5S2/c22-13-5-8-17(27-34(29,30)14-6-7-16(23)15(11-14)21(24,25)26)18(10-13)28-35(31,32)20-9-12-3-1-2-4-19(12)33-20/h1-11,27-28H. The predicted octanol–water partition coefficient (Wildman–Crippen LogP) is 5.85. The minimum absolute atomic E-state index is 0.0244. The van der Waals surface area contributed by atoms with Crippen molar-refractivity contribution in [3.05, 3.63) is 83.1 Å². The maximum Gasteiger partial charge on any atom is 0.419 e. The third kappa shape index (κ3) is 5.21. The predicted molar refractivity (Wildman–Crippen MR) is 121 cm³/mol. The molecule has 0 atom stereocenters. The second-order valence-electron chi connectivity index (χ2n) is 7.14. The molecule has 3 aromatic carbocycles. The molecule has 35 heavy (non-hydrogen) atoms. The molecular weight excluding hydrogens is 536 g/mol. The van der Waals surface area contributed by atoms with Crippen molar-refractivity contribution in [1.29, 1.82) is 0 Å². The van der Waals surface area contributed by atoms with Crippen molar-refractivity contribution in [3.8, 4) is 0 Å². The Balaban J connectivity index is 1.70. The van der Waals surface area contributed by atoms with Crippen molar-refractivity contribution in [2.75, 3.05) is 9.44 Å². The molecule has 0 bridgehead atoms. The molecule has 2 N–H and O–H groups in total. The average molecular weight is 549 g/mol. The van der Waals surface area contributed by atoms with Crippen molar-refractivity contribution in [2.24, 2.45) is 0 Å². The van der Waals surface area contributed by atoms with Crippen LogP contribution in [0.3, 0.4) is 0 Å². The molecule has 0 spiro atoms. The van der Waals surface area contributed by atoms with Gasteiger partial charge in [-0.1, -0.05) is 29.8 Å². The van der Waals surface area contributed by atoms with Crippen LogP contribution in [0, 0.1) is 5.82 Å². The molecule has 4 aromatic rings. The summed E-state index contributed by atoms with van der Waals surface area (Å²) in [6.45, 7) is 0. The summed E-state index contributed by atoms with van der Waals surface area (Å²) in [6, 6.07) is 12.3. The lowest BCUT2D eigenvalue weighted by Gasteiger charge is -2.15. The number of nitrogens with one attached hydrogen (secondary N) is 2. The Morgan fingerprint density at radius 1 is 0.800 bits per heavy atom. The molecule has 0 aliphatic rings. The van der Waals surface area contributed by atoms with Gasteiger partial charge in [0.25, 0.3) is 20.0 Å². The minimum Gasteiger partial charge on any atom is -0.443 e. The van der Waals surface area contributed by atoms with Gasteiger partial charge in [-0.3, -0.25) is 9.44 Å². The summed E-state index contributed by atoms with van der Waals surface area (Å²) in [7, 11) is -9.08. The highest BCUT2D eigenvalue weighted by atomic mass is 35.5. The number of anilines is 2. The van der Waals surface area contributed by atoms with Crippen LogP contribution in [-0.4, -0.2) is 16.8 Å². The van der Waals surface area contributed by atoms with E-state index in [-0.39, 0.29) is 28.0 Å². The number of halogens is 5. The highest BCUT2D eigenvalue weighted by Crippen LogP contribution is 2.35. The van der Waals surface area contributed by atoms with Crippen molar-refractivity contribution in [3.63, 3.8) is 0 Å². The number of hydrogen-bond acceptors (Lipinski definition) is 5. The first-order valence-corrected chi connectivity index (χ1v) is 12.8. The number of furan rings is 1. The number of fused-ring (bicyclic) bond motifs is 1. The zero-order valence-corrected chi connectivity index (χ0v) is 19.5. The number of rotatable bonds is 6. The van der Waals surface area contributed by atoms with E-state index >= 15 is 0 Å². The maximum atomic E-state index is 13.6. The summed E-state index contributed by atoms with van der Waals surface area (Å²) >= 11 is 5.93. The quantitative estimate of drug-likeness (QED) is 0.294. The SMILES string of the molecule is O=S(=O)(Nc1ccc(Cl)cc1NS(=O)(=O)c1cc2ccccc2o1)c1ccc(F)c(C(F)(F)F)c1. The number of sulfonamides is 2. The van der Waals surface area contributed by atoms with Gasteiger partial charge in [-0.15, -0.1) is 0 Å². The van der Waals surface area contributed by atoms with E-state index in [1.807, 2.05) is 4.72 Å². The monoisotopic (exact) mass is 548 g/mol. The van der Waals surface area contributed by atoms with Crippen molar-refractivity contribution < 1.29 is 38.8 Å². The Kier molecular flexibility index (Phi) is 6.19. The fourth-order valence-electron chi connectivity index (χ4n) is 3.07. The van der Waals surface area contributed by atoms with Crippen LogP contribution in [0.1, 0.15) is 5.56 Å². The number of alkyl halides is 3. The second-order valence-corrected chi connectivity index (χ2v) is 10.9. The van der Waals surface area contributed by atoms with Crippen LogP contribution >= 0.6 is 11.6 Å². The molecule has 7 nitrogen and oxygen atoms in total. The fourth-order valence-corrected chi connectivity index (χ4v) is 5.39. The Morgan fingerprint density at radius 3 is 2.17 bits per heavy atom. The van der Waals surface area contributed by atoms with Crippen LogP contribution in [-0.2, 0) is 26.2 Å². The second kappa shape index (κ2) is 8.73. The van der Waals surface area contributed by atoms with Crippen LogP contribution in [0.15, 0.2) is 81.1 Å². The van der Waals surface area contributed by atoms with E-state index < -0.39 is 47.6 Å². The molecule has 0 unspecified atom stereocenters. The van der Waals surface area contributed by atoms with Gasteiger partial charge in [-0.25, -0.2) is 12.8 Å². The zero-order valence-electron chi connectivity index (χ0n) is 17.1. The lowest BCUT2D eigenvalue weighted by Crippen LogP contribution is -2.18. The van der Waals surface area contributed by atoms with Crippen molar-refractivity contribution in [1.82, 2.24) is 0 Å². The Labute approximate surface area is 201 Å². The fraction of sp³-hybridized carbons (Fsp3) is 0.0476. The lowest BCUT2D eigenvalue weighted by atomic mass is 10.2. The van der Waals surface area contributed by atoms with Crippen LogP contribution < -0.4 is 9.44 Å².